The van der Waals surface area contributed by atoms with E-state index in [1.807, 2.05) is 32.0 Å². The van der Waals surface area contributed by atoms with Gasteiger partial charge in [-0.25, -0.2) is 0 Å². The average molecular weight is 208 g/mol. The van der Waals surface area contributed by atoms with Crippen LogP contribution < -0.4 is 0 Å². The van der Waals surface area contributed by atoms with Crippen molar-refractivity contribution in [2.24, 2.45) is 0 Å². The average Bonchev–Trinajstić information content (AvgIpc) is 2.16. The van der Waals surface area contributed by atoms with Crippen LogP contribution >= 0.6 is 0 Å². The van der Waals surface area contributed by atoms with Crippen LogP contribution in [0.4, 0.5) is 0 Å². The summed E-state index contributed by atoms with van der Waals surface area (Å²) in [5, 5.41) is 9.32. The molecule has 0 saturated carbocycles. The van der Waals surface area contributed by atoms with E-state index in [-0.39, 0.29) is 6.10 Å². The number of hydrogen-bond donors (Lipinski definition) is 1. The molecule has 0 bridgehead atoms. The third-order valence-corrected chi connectivity index (χ3v) is 2.30. The number of aryl methyl sites for hydroxylation is 1. The van der Waals surface area contributed by atoms with E-state index in [0.29, 0.717) is 6.54 Å². The van der Waals surface area contributed by atoms with E-state index in [0.717, 1.165) is 24.5 Å². The Bertz CT molecular complexity index is 299. The number of aromatic nitrogens is 1. The molecule has 3 nitrogen and oxygen atoms in total. The van der Waals surface area contributed by atoms with Crippen LogP contribution in [0.15, 0.2) is 18.2 Å². The molecule has 0 aliphatic carbocycles. The molecule has 0 fully saturated rings. The molecule has 1 aromatic rings. The van der Waals surface area contributed by atoms with Crippen molar-refractivity contribution in [3.8, 4) is 0 Å². The molecule has 0 aliphatic rings. The predicted octanol–water partition coefficient (Wildman–Crippen LogP) is 1.59. The molecule has 84 valence electrons. The van der Waals surface area contributed by atoms with Crippen LogP contribution in [0.1, 0.15) is 25.2 Å². The molecular formula is C12H20N2O. The van der Waals surface area contributed by atoms with Gasteiger partial charge in [0.2, 0.25) is 0 Å². The second-order valence-electron chi connectivity index (χ2n) is 3.95. The highest BCUT2D eigenvalue weighted by atomic mass is 16.3. The van der Waals surface area contributed by atoms with Crippen molar-refractivity contribution in [1.29, 1.82) is 0 Å². The number of aliphatic hydroxyl groups excluding tert-OH is 1. The highest BCUT2D eigenvalue weighted by Gasteiger charge is 2.07. The minimum atomic E-state index is -0.283. The van der Waals surface area contributed by atoms with Gasteiger partial charge in [0, 0.05) is 18.8 Å². The summed E-state index contributed by atoms with van der Waals surface area (Å²) in [5.74, 6) is 0. The largest absolute Gasteiger partial charge is 0.392 e. The van der Waals surface area contributed by atoms with Crippen LogP contribution in [0.25, 0.3) is 0 Å². The second kappa shape index (κ2) is 5.83. The van der Waals surface area contributed by atoms with Crippen molar-refractivity contribution < 1.29 is 5.11 Å². The smallest absolute Gasteiger partial charge is 0.0639 e. The molecule has 1 aromatic heterocycles. The van der Waals surface area contributed by atoms with Gasteiger partial charge in [0.1, 0.15) is 0 Å². The van der Waals surface area contributed by atoms with Gasteiger partial charge in [-0.05, 0) is 32.5 Å². The molecule has 1 heterocycles. The molecule has 1 atom stereocenters. The highest BCUT2D eigenvalue weighted by Crippen LogP contribution is 2.03. The number of rotatable bonds is 5. The van der Waals surface area contributed by atoms with Crippen LogP contribution in [0, 0.1) is 6.92 Å². The van der Waals surface area contributed by atoms with Gasteiger partial charge in [-0.15, -0.1) is 0 Å². The quantitative estimate of drug-likeness (QED) is 0.798. The molecule has 0 saturated heterocycles. The Balaban J connectivity index is 2.58. The Hall–Kier alpha value is -0.930. The number of aliphatic hydroxyl groups is 1. The zero-order valence-electron chi connectivity index (χ0n) is 9.77. The molecule has 1 N–H and O–H groups in total. The third-order valence-electron chi connectivity index (χ3n) is 2.30. The van der Waals surface area contributed by atoms with Crippen molar-refractivity contribution in [3.63, 3.8) is 0 Å². The Morgan fingerprint density at radius 3 is 2.73 bits per heavy atom. The van der Waals surface area contributed by atoms with Crippen molar-refractivity contribution in [2.45, 2.75) is 33.4 Å². The monoisotopic (exact) mass is 208 g/mol. The first-order valence-corrected chi connectivity index (χ1v) is 5.44. The fourth-order valence-corrected chi connectivity index (χ4v) is 1.60. The van der Waals surface area contributed by atoms with Gasteiger partial charge in [-0.3, -0.25) is 9.88 Å². The van der Waals surface area contributed by atoms with Gasteiger partial charge in [0.15, 0.2) is 0 Å². The molecule has 0 spiro atoms. The van der Waals surface area contributed by atoms with Gasteiger partial charge in [-0.2, -0.15) is 0 Å². The number of pyridine rings is 1. The second-order valence-corrected chi connectivity index (χ2v) is 3.95. The van der Waals surface area contributed by atoms with Gasteiger partial charge in [0.25, 0.3) is 0 Å². The predicted molar refractivity (Wildman–Crippen MR) is 61.6 cm³/mol. The number of hydrogen-bond acceptors (Lipinski definition) is 3. The molecule has 15 heavy (non-hydrogen) atoms. The van der Waals surface area contributed by atoms with Crippen LogP contribution in [0.5, 0.6) is 0 Å². The van der Waals surface area contributed by atoms with Crippen molar-refractivity contribution in [2.75, 3.05) is 13.1 Å². The lowest BCUT2D eigenvalue weighted by Crippen LogP contribution is -2.30. The Kier molecular flexibility index (Phi) is 4.72. The third kappa shape index (κ3) is 4.40. The fraction of sp³-hybridized carbons (Fsp3) is 0.583. The van der Waals surface area contributed by atoms with E-state index in [9.17, 15) is 5.11 Å². The maximum atomic E-state index is 9.32. The topological polar surface area (TPSA) is 36.4 Å². The Morgan fingerprint density at radius 1 is 1.47 bits per heavy atom. The summed E-state index contributed by atoms with van der Waals surface area (Å²) < 4.78 is 0. The maximum absolute atomic E-state index is 9.32. The van der Waals surface area contributed by atoms with E-state index in [1.54, 1.807) is 0 Å². The normalized spacial score (nSPS) is 13.1. The Labute approximate surface area is 91.8 Å². The van der Waals surface area contributed by atoms with Crippen LogP contribution in [-0.2, 0) is 6.54 Å². The summed E-state index contributed by atoms with van der Waals surface area (Å²) in [4.78, 5) is 6.63. The summed E-state index contributed by atoms with van der Waals surface area (Å²) in [7, 11) is 0. The van der Waals surface area contributed by atoms with Crippen molar-refractivity contribution in [1.82, 2.24) is 9.88 Å². The molecule has 1 rings (SSSR count). The summed E-state index contributed by atoms with van der Waals surface area (Å²) >= 11 is 0. The first-order chi connectivity index (χ1) is 7.11. The zero-order valence-corrected chi connectivity index (χ0v) is 9.77. The zero-order chi connectivity index (χ0) is 11.3. The SMILES string of the molecule is CCN(Cc1cccc(C)n1)C[C@H](C)O. The van der Waals surface area contributed by atoms with Crippen LogP contribution in [0.2, 0.25) is 0 Å². The number of likely N-dealkylation sites (N-methyl/N-ethyl adjacent to an activating group) is 1. The summed E-state index contributed by atoms with van der Waals surface area (Å²) in [6.45, 7) is 8.34. The molecule has 3 heteroatoms. The first kappa shape index (κ1) is 12.1. The molecule has 0 aromatic carbocycles. The van der Waals surface area contributed by atoms with E-state index in [1.165, 1.54) is 0 Å². The molecule has 0 radical (unpaired) electrons. The van der Waals surface area contributed by atoms with Crippen molar-refractivity contribution >= 4 is 0 Å². The van der Waals surface area contributed by atoms with Gasteiger partial charge >= 0.3 is 0 Å². The van der Waals surface area contributed by atoms with Crippen LogP contribution in [0.3, 0.4) is 0 Å². The van der Waals surface area contributed by atoms with E-state index in [2.05, 4.69) is 16.8 Å². The summed E-state index contributed by atoms with van der Waals surface area (Å²) in [6, 6.07) is 6.04. The molecule has 0 aliphatic heterocycles. The van der Waals surface area contributed by atoms with E-state index < -0.39 is 0 Å². The lowest BCUT2D eigenvalue weighted by atomic mass is 10.2. The first-order valence-electron chi connectivity index (χ1n) is 5.44. The fourth-order valence-electron chi connectivity index (χ4n) is 1.60. The van der Waals surface area contributed by atoms with Gasteiger partial charge in [-0.1, -0.05) is 13.0 Å². The van der Waals surface area contributed by atoms with Gasteiger partial charge < -0.3 is 5.11 Å². The standard InChI is InChI=1S/C12H20N2O/c1-4-14(8-11(3)15)9-12-7-5-6-10(2)13-12/h5-7,11,15H,4,8-9H2,1-3H3/t11-/m0/s1. The minimum absolute atomic E-state index is 0.283. The molecule has 0 amide bonds. The Morgan fingerprint density at radius 2 is 2.20 bits per heavy atom. The summed E-state index contributed by atoms with van der Waals surface area (Å²) in [5.41, 5.74) is 2.11. The van der Waals surface area contributed by atoms with Gasteiger partial charge in [0.05, 0.1) is 11.8 Å². The lowest BCUT2D eigenvalue weighted by Gasteiger charge is -2.21. The maximum Gasteiger partial charge on any atom is 0.0639 e. The highest BCUT2D eigenvalue weighted by molar-refractivity contribution is 5.09. The van der Waals surface area contributed by atoms with E-state index in [4.69, 9.17) is 0 Å². The van der Waals surface area contributed by atoms with E-state index >= 15 is 0 Å². The minimum Gasteiger partial charge on any atom is -0.392 e. The molecular weight excluding hydrogens is 188 g/mol. The van der Waals surface area contributed by atoms with Crippen molar-refractivity contribution in [3.05, 3.63) is 29.6 Å². The summed E-state index contributed by atoms with van der Waals surface area (Å²) in [6.07, 6.45) is -0.283. The van der Waals surface area contributed by atoms with Crippen LogP contribution in [-0.4, -0.2) is 34.2 Å². The number of nitrogens with zero attached hydrogens (tertiary/aromatic N) is 2. The molecule has 0 unspecified atom stereocenters. The lowest BCUT2D eigenvalue weighted by molar-refractivity contribution is 0.125.